The molecule has 2 rings (SSSR count). The number of carbonyl (C=O) groups excluding carboxylic acids is 1. The fraction of sp³-hybridized carbons (Fsp3) is 0.400. The topological polar surface area (TPSA) is 86.5 Å². The van der Waals surface area contributed by atoms with Crippen LogP contribution >= 0.6 is 0 Å². The average Bonchev–Trinajstić information content (AvgIpc) is 3.05. The lowest BCUT2D eigenvalue weighted by atomic mass is 10.2. The standard InChI is InChI=1S/C15H19N5O/c1-10-11(2)19-20(12(10)3)6-4-5-17-15(21)14-7-13(8-16)9-18-14/h7,9,18H,4-6H2,1-3H3,(H,17,21). The number of carbonyl (C=O) groups is 1. The van der Waals surface area contributed by atoms with E-state index in [0.717, 1.165) is 18.7 Å². The summed E-state index contributed by atoms with van der Waals surface area (Å²) in [6.07, 6.45) is 2.33. The highest BCUT2D eigenvalue weighted by Crippen LogP contribution is 2.11. The average molecular weight is 285 g/mol. The predicted molar refractivity (Wildman–Crippen MR) is 78.9 cm³/mol. The molecule has 0 radical (unpaired) electrons. The molecule has 0 bridgehead atoms. The first kappa shape index (κ1) is 14.9. The lowest BCUT2D eigenvalue weighted by Gasteiger charge is -2.06. The third kappa shape index (κ3) is 3.31. The van der Waals surface area contributed by atoms with Gasteiger partial charge < -0.3 is 10.3 Å². The molecular formula is C15H19N5O. The van der Waals surface area contributed by atoms with E-state index in [1.165, 1.54) is 17.5 Å². The third-order valence-corrected chi connectivity index (χ3v) is 3.63. The zero-order chi connectivity index (χ0) is 15.4. The number of aromatic amines is 1. The van der Waals surface area contributed by atoms with Gasteiger partial charge in [0.05, 0.1) is 11.3 Å². The molecule has 0 saturated heterocycles. The van der Waals surface area contributed by atoms with Gasteiger partial charge in [-0.25, -0.2) is 0 Å². The summed E-state index contributed by atoms with van der Waals surface area (Å²) in [5.74, 6) is -0.193. The number of rotatable bonds is 5. The number of nitriles is 1. The molecule has 2 aromatic heterocycles. The maximum atomic E-state index is 11.8. The van der Waals surface area contributed by atoms with Gasteiger partial charge in [-0.15, -0.1) is 0 Å². The Morgan fingerprint density at radius 1 is 1.48 bits per heavy atom. The monoisotopic (exact) mass is 285 g/mol. The molecule has 21 heavy (non-hydrogen) atoms. The summed E-state index contributed by atoms with van der Waals surface area (Å²) in [4.78, 5) is 14.6. The molecule has 0 aliphatic rings. The normalized spacial score (nSPS) is 10.4. The van der Waals surface area contributed by atoms with E-state index in [0.29, 0.717) is 17.8 Å². The van der Waals surface area contributed by atoms with Crippen molar-refractivity contribution >= 4 is 5.91 Å². The minimum Gasteiger partial charge on any atom is -0.356 e. The predicted octanol–water partition coefficient (Wildman–Crippen LogP) is 1.83. The van der Waals surface area contributed by atoms with Gasteiger partial charge in [0, 0.05) is 25.0 Å². The molecule has 6 nitrogen and oxygen atoms in total. The Balaban J connectivity index is 1.80. The largest absolute Gasteiger partial charge is 0.356 e. The summed E-state index contributed by atoms with van der Waals surface area (Å²) in [5, 5.41) is 16.0. The van der Waals surface area contributed by atoms with Crippen molar-refractivity contribution in [2.24, 2.45) is 0 Å². The SMILES string of the molecule is Cc1nn(CCCNC(=O)c2cc(C#N)c[nH]2)c(C)c1C. The molecule has 0 aliphatic carbocycles. The number of aromatic nitrogens is 3. The Morgan fingerprint density at radius 2 is 2.24 bits per heavy atom. The Bertz CT molecular complexity index is 689. The van der Waals surface area contributed by atoms with Crippen LogP contribution in [0.15, 0.2) is 12.3 Å². The second-order valence-electron chi connectivity index (χ2n) is 5.04. The van der Waals surface area contributed by atoms with Gasteiger partial charge in [-0.05, 0) is 38.8 Å². The molecule has 6 heteroatoms. The van der Waals surface area contributed by atoms with Gasteiger partial charge in [-0.1, -0.05) is 0 Å². The molecule has 0 unspecified atom stereocenters. The second kappa shape index (κ2) is 6.27. The van der Waals surface area contributed by atoms with Crippen molar-refractivity contribution in [2.75, 3.05) is 6.54 Å². The Hall–Kier alpha value is -2.55. The minimum atomic E-state index is -0.193. The summed E-state index contributed by atoms with van der Waals surface area (Å²) in [6, 6.07) is 3.52. The van der Waals surface area contributed by atoms with Crippen molar-refractivity contribution in [2.45, 2.75) is 33.7 Å². The van der Waals surface area contributed by atoms with E-state index in [2.05, 4.69) is 29.2 Å². The number of aryl methyl sites for hydroxylation is 2. The van der Waals surface area contributed by atoms with E-state index >= 15 is 0 Å². The Morgan fingerprint density at radius 3 is 2.81 bits per heavy atom. The molecule has 0 fully saturated rings. The Kier molecular flexibility index (Phi) is 4.43. The van der Waals surface area contributed by atoms with Crippen LogP contribution in [0.4, 0.5) is 0 Å². The van der Waals surface area contributed by atoms with Gasteiger partial charge in [0.25, 0.3) is 5.91 Å². The van der Waals surface area contributed by atoms with Crippen LogP contribution < -0.4 is 5.32 Å². The van der Waals surface area contributed by atoms with E-state index in [-0.39, 0.29) is 5.91 Å². The fourth-order valence-corrected chi connectivity index (χ4v) is 2.12. The highest BCUT2D eigenvalue weighted by molar-refractivity contribution is 5.92. The van der Waals surface area contributed by atoms with Crippen LogP contribution in [0.5, 0.6) is 0 Å². The van der Waals surface area contributed by atoms with Crippen molar-refractivity contribution in [3.63, 3.8) is 0 Å². The second-order valence-corrected chi connectivity index (χ2v) is 5.04. The first-order chi connectivity index (χ1) is 10.0. The van der Waals surface area contributed by atoms with Crippen LogP contribution in [0.2, 0.25) is 0 Å². The van der Waals surface area contributed by atoms with Gasteiger partial charge in [0.2, 0.25) is 0 Å². The maximum Gasteiger partial charge on any atom is 0.267 e. The van der Waals surface area contributed by atoms with Crippen molar-refractivity contribution < 1.29 is 4.79 Å². The summed E-state index contributed by atoms with van der Waals surface area (Å²) >= 11 is 0. The van der Waals surface area contributed by atoms with Gasteiger partial charge in [-0.2, -0.15) is 10.4 Å². The number of nitrogens with one attached hydrogen (secondary N) is 2. The summed E-state index contributed by atoms with van der Waals surface area (Å²) in [7, 11) is 0. The quantitative estimate of drug-likeness (QED) is 0.822. The molecule has 2 N–H and O–H groups in total. The van der Waals surface area contributed by atoms with E-state index in [1.54, 1.807) is 6.07 Å². The number of H-pyrrole nitrogens is 1. The molecular weight excluding hydrogens is 266 g/mol. The Labute approximate surface area is 123 Å². The lowest BCUT2D eigenvalue weighted by molar-refractivity contribution is 0.0948. The van der Waals surface area contributed by atoms with E-state index in [9.17, 15) is 4.79 Å². The van der Waals surface area contributed by atoms with Gasteiger partial charge in [0.1, 0.15) is 11.8 Å². The molecule has 0 aliphatic heterocycles. The van der Waals surface area contributed by atoms with Crippen molar-refractivity contribution in [3.05, 3.63) is 40.5 Å². The van der Waals surface area contributed by atoms with Crippen LogP contribution in [-0.4, -0.2) is 27.2 Å². The van der Waals surface area contributed by atoms with Crippen molar-refractivity contribution in [3.8, 4) is 6.07 Å². The number of hydrogen-bond acceptors (Lipinski definition) is 3. The maximum absolute atomic E-state index is 11.8. The fourth-order valence-electron chi connectivity index (χ4n) is 2.12. The first-order valence-corrected chi connectivity index (χ1v) is 6.90. The van der Waals surface area contributed by atoms with E-state index < -0.39 is 0 Å². The van der Waals surface area contributed by atoms with Crippen molar-refractivity contribution in [1.29, 1.82) is 5.26 Å². The summed E-state index contributed by atoms with van der Waals surface area (Å²) in [5.41, 5.74) is 4.30. The molecule has 110 valence electrons. The smallest absolute Gasteiger partial charge is 0.267 e. The highest BCUT2D eigenvalue weighted by Gasteiger charge is 2.09. The van der Waals surface area contributed by atoms with Crippen LogP contribution in [0, 0.1) is 32.1 Å². The number of amides is 1. The number of hydrogen-bond donors (Lipinski definition) is 2. The molecule has 2 heterocycles. The zero-order valence-corrected chi connectivity index (χ0v) is 12.5. The van der Waals surface area contributed by atoms with Gasteiger partial charge in [0.15, 0.2) is 0 Å². The number of nitrogens with zero attached hydrogens (tertiary/aromatic N) is 3. The van der Waals surface area contributed by atoms with Crippen LogP contribution in [-0.2, 0) is 6.54 Å². The van der Waals surface area contributed by atoms with E-state index in [4.69, 9.17) is 5.26 Å². The van der Waals surface area contributed by atoms with Crippen LogP contribution in [0.25, 0.3) is 0 Å². The summed E-state index contributed by atoms with van der Waals surface area (Å²) in [6.45, 7) is 7.45. The lowest BCUT2D eigenvalue weighted by Crippen LogP contribution is -2.25. The molecule has 0 aromatic carbocycles. The van der Waals surface area contributed by atoms with Crippen LogP contribution in [0.3, 0.4) is 0 Å². The molecule has 0 saturated carbocycles. The molecule has 1 amide bonds. The minimum absolute atomic E-state index is 0.193. The highest BCUT2D eigenvalue weighted by atomic mass is 16.1. The molecule has 0 spiro atoms. The van der Waals surface area contributed by atoms with Gasteiger partial charge in [-0.3, -0.25) is 9.48 Å². The van der Waals surface area contributed by atoms with Crippen molar-refractivity contribution in [1.82, 2.24) is 20.1 Å². The van der Waals surface area contributed by atoms with E-state index in [1.807, 2.05) is 17.7 Å². The molecule has 2 aromatic rings. The third-order valence-electron chi connectivity index (χ3n) is 3.63. The first-order valence-electron chi connectivity index (χ1n) is 6.90. The zero-order valence-electron chi connectivity index (χ0n) is 12.5. The van der Waals surface area contributed by atoms with Crippen LogP contribution in [0.1, 0.15) is 39.4 Å². The molecule has 0 atom stereocenters. The summed E-state index contributed by atoms with van der Waals surface area (Å²) < 4.78 is 1.97. The van der Waals surface area contributed by atoms with Gasteiger partial charge >= 0.3 is 0 Å².